The lowest BCUT2D eigenvalue weighted by molar-refractivity contribution is -0.384. The minimum atomic E-state index is -1.60. The van der Waals surface area contributed by atoms with E-state index in [4.69, 9.17) is 0 Å². The molecule has 2 heterocycles. The van der Waals surface area contributed by atoms with Gasteiger partial charge in [-0.3, -0.25) is 25.0 Å². The first-order valence-electron chi connectivity index (χ1n) is 12.5. The normalized spacial score (nSPS) is 21.6. The van der Waals surface area contributed by atoms with Crippen molar-refractivity contribution in [2.45, 2.75) is 65.8 Å². The van der Waals surface area contributed by atoms with Gasteiger partial charge < -0.3 is 4.90 Å². The number of hydrogen-bond donors (Lipinski definition) is 1. The fourth-order valence-electron chi connectivity index (χ4n) is 5.66. The van der Waals surface area contributed by atoms with Crippen LogP contribution in [0.1, 0.15) is 56.2 Å². The molecule has 190 valence electrons. The minimum absolute atomic E-state index is 0.0173. The molecule has 0 radical (unpaired) electrons. The molecule has 9 nitrogen and oxygen atoms in total. The maximum Gasteiger partial charge on any atom is 0.335 e. The lowest BCUT2D eigenvalue weighted by Crippen LogP contribution is -2.72. The second-order valence-corrected chi connectivity index (χ2v) is 9.82. The van der Waals surface area contributed by atoms with Crippen LogP contribution >= 0.6 is 0 Å². The third kappa shape index (κ3) is 4.12. The van der Waals surface area contributed by atoms with Crippen molar-refractivity contribution in [3.63, 3.8) is 0 Å². The smallest absolute Gasteiger partial charge is 0.335 e. The number of barbiturate groups is 1. The van der Waals surface area contributed by atoms with Gasteiger partial charge in [-0.05, 0) is 61.6 Å². The Morgan fingerprint density at radius 3 is 2.36 bits per heavy atom. The van der Waals surface area contributed by atoms with E-state index in [1.807, 2.05) is 26.8 Å². The highest BCUT2D eigenvalue weighted by atomic mass is 16.6. The summed E-state index contributed by atoms with van der Waals surface area (Å²) in [4.78, 5) is 55.3. The van der Waals surface area contributed by atoms with Gasteiger partial charge in [-0.25, -0.2) is 9.69 Å². The van der Waals surface area contributed by atoms with Gasteiger partial charge in [0.2, 0.25) is 5.91 Å². The van der Waals surface area contributed by atoms with Crippen LogP contribution in [0.25, 0.3) is 0 Å². The molecular weight excluding hydrogens is 460 g/mol. The number of anilines is 2. The van der Waals surface area contributed by atoms with E-state index in [9.17, 15) is 24.5 Å². The molecule has 2 aromatic rings. The van der Waals surface area contributed by atoms with Crippen LogP contribution in [0.2, 0.25) is 0 Å². The summed E-state index contributed by atoms with van der Waals surface area (Å²) in [7, 11) is 0. The second kappa shape index (κ2) is 9.72. The Bertz CT molecular complexity index is 1220. The van der Waals surface area contributed by atoms with Crippen LogP contribution in [0.4, 0.5) is 21.9 Å². The van der Waals surface area contributed by atoms with Crippen LogP contribution in [0.3, 0.4) is 0 Å². The third-order valence-electron chi connectivity index (χ3n) is 7.19. The van der Waals surface area contributed by atoms with E-state index in [1.54, 1.807) is 18.2 Å². The first kappa shape index (κ1) is 25.3. The molecule has 1 N–H and O–H groups in total. The van der Waals surface area contributed by atoms with Crippen LogP contribution in [0.15, 0.2) is 36.4 Å². The van der Waals surface area contributed by atoms with Crippen LogP contribution in [0.5, 0.6) is 0 Å². The van der Waals surface area contributed by atoms with Gasteiger partial charge >= 0.3 is 6.03 Å². The largest absolute Gasteiger partial charge is 0.367 e. The molecule has 0 aromatic heterocycles. The Labute approximate surface area is 210 Å². The number of urea groups is 1. The summed E-state index contributed by atoms with van der Waals surface area (Å²) in [6, 6.07) is 8.80. The first-order valence-corrected chi connectivity index (χ1v) is 12.5. The molecule has 2 aliphatic heterocycles. The summed E-state index contributed by atoms with van der Waals surface area (Å²) >= 11 is 0. The van der Waals surface area contributed by atoms with Gasteiger partial charge in [0, 0.05) is 30.8 Å². The zero-order chi connectivity index (χ0) is 26.2. The number of carbonyl (C=O) groups excluding carboxylic acids is 3. The minimum Gasteiger partial charge on any atom is -0.367 e. The number of nitro benzene ring substituents is 1. The van der Waals surface area contributed by atoms with E-state index in [0.29, 0.717) is 24.2 Å². The fraction of sp³-hybridized carbons (Fsp3) is 0.444. The average Bonchev–Trinajstić information content (AvgIpc) is 2.81. The number of imide groups is 2. The molecule has 2 aromatic carbocycles. The Hall–Kier alpha value is -3.75. The predicted molar refractivity (Wildman–Crippen MR) is 137 cm³/mol. The molecule has 1 saturated heterocycles. The van der Waals surface area contributed by atoms with E-state index >= 15 is 0 Å². The van der Waals surface area contributed by atoms with Crippen LogP contribution in [-0.4, -0.2) is 35.4 Å². The number of nitro groups is 1. The summed E-state index contributed by atoms with van der Waals surface area (Å²) in [6.45, 7) is 8.41. The maximum absolute atomic E-state index is 14.4. The lowest BCUT2D eigenvalue weighted by Gasteiger charge is -2.52. The molecule has 0 unspecified atom stereocenters. The number of nitrogens with zero attached hydrogens (tertiary/aromatic N) is 3. The SMILES string of the molecule is CCCCN1c2ccc([N+](=O)[O-])cc2C[C@@]2(C(=O)NC(=O)N(c3cc(C)cc(C)c3)C2=O)[C@@H]1CCC. The van der Waals surface area contributed by atoms with Crippen molar-refractivity contribution in [3.05, 3.63) is 63.2 Å². The Kier molecular flexibility index (Phi) is 6.84. The number of hydrogen-bond acceptors (Lipinski definition) is 6. The molecule has 2 aliphatic rings. The van der Waals surface area contributed by atoms with E-state index in [-0.39, 0.29) is 12.1 Å². The number of amides is 4. The Morgan fingerprint density at radius 2 is 1.75 bits per heavy atom. The van der Waals surface area contributed by atoms with Gasteiger partial charge in [0.05, 0.1) is 16.7 Å². The highest BCUT2D eigenvalue weighted by molar-refractivity contribution is 6.30. The molecule has 4 amide bonds. The molecular formula is C27H32N4O5. The number of benzene rings is 2. The van der Waals surface area contributed by atoms with Crippen molar-refractivity contribution < 1.29 is 19.3 Å². The maximum atomic E-state index is 14.4. The van der Waals surface area contributed by atoms with E-state index < -0.39 is 34.2 Å². The molecule has 1 spiro atoms. The van der Waals surface area contributed by atoms with Crippen molar-refractivity contribution in [1.82, 2.24) is 5.32 Å². The molecule has 0 aliphatic carbocycles. The number of non-ortho nitro benzene ring substituents is 1. The summed E-state index contributed by atoms with van der Waals surface area (Å²) in [5.74, 6) is -1.23. The summed E-state index contributed by atoms with van der Waals surface area (Å²) < 4.78 is 0. The number of unbranched alkanes of at least 4 members (excludes halogenated alkanes) is 1. The molecule has 0 saturated carbocycles. The third-order valence-corrected chi connectivity index (χ3v) is 7.19. The highest BCUT2D eigenvalue weighted by Gasteiger charge is 2.62. The predicted octanol–water partition coefficient (Wildman–Crippen LogP) is 4.81. The molecule has 2 atom stereocenters. The summed E-state index contributed by atoms with van der Waals surface area (Å²) in [5.41, 5.74) is 1.84. The number of aryl methyl sites for hydroxylation is 2. The quantitative estimate of drug-likeness (QED) is 0.337. The molecule has 9 heteroatoms. The van der Waals surface area contributed by atoms with Gasteiger partial charge in [-0.1, -0.05) is 32.8 Å². The van der Waals surface area contributed by atoms with Gasteiger partial charge in [0.1, 0.15) is 0 Å². The zero-order valence-electron chi connectivity index (χ0n) is 21.2. The van der Waals surface area contributed by atoms with E-state index in [1.165, 1.54) is 12.1 Å². The standard InChI is InChI=1S/C27H32N4O5/c1-5-7-11-29-22-10-9-20(31(35)36)15-19(22)16-27(23(29)8-6-2)24(32)28-26(34)30(25(27)33)21-13-17(3)12-18(4)14-21/h9-10,12-15,23H,5-8,11,16H2,1-4H3,(H,28,32,34)/t23-,27-/m0/s1. The van der Waals surface area contributed by atoms with Crippen molar-refractivity contribution in [1.29, 1.82) is 0 Å². The molecule has 1 fully saturated rings. The number of rotatable bonds is 7. The van der Waals surface area contributed by atoms with Crippen LogP contribution < -0.4 is 15.1 Å². The highest BCUT2D eigenvalue weighted by Crippen LogP contribution is 2.47. The fourth-order valence-corrected chi connectivity index (χ4v) is 5.66. The van der Waals surface area contributed by atoms with E-state index in [0.717, 1.165) is 41.0 Å². The molecule has 4 rings (SSSR count). The Morgan fingerprint density at radius 1 is 1.06 bits per heavy atom. The molecule has 0 bridgehead atoms. The zero-order valence-corrected chi connectivity index (χ0v) is 21.2. The van der Waals surface area contributed by atoms with Gasteiger partial charge in [0.25, 0.3) is 11.6 Å². The van der Waals surface area contributed by atoms with Crippen molar-refractivity contribution in [2.24, 2.45) is 5.41 Å². The first-order chi connectivity index (χ1) is 17.1. The van der Waals surface area contributed by atoms with Crippen LogP contribution in [0, 0.1) is 29.4 Å². The Balaban J connectivity index is 1.93. The van der Waals surface area contributed by atoms with Gasteiger partial charge in [0.15, 0.2) is 5.41 Å². The van der Waals surface area contributed by atoms with Crippen molar-refractivity contribution >= 4 is 34.9 Å². The lowest BCUT2D eigenvalue weighted by atomic mass is 9.67. The van der Waals surface area contributed by atoms with Crippen LogP contribution in [-0.2, 0) is 16.0 Å². The van der Waals surface area contributed by atoms with Gasteiger partial charge in [-0.15, -0.1) is 0 Å². The number of carbonyl (C=O) groups is 3. The van der Waals surface area contributed by atoms with Crippen molar-refractivity contribution in [3.8, 4) is 0 Å². The van der Waals surface area contributed by atoms with E-state index in [2.05, 4.69) is 17.1 Å². The summed E-state index contributed by atoms with van der Waals surface area (Å²) in [6.07, 6.45) is 2.97. The van der Waals surface area contributed by atoms with Crippen molar-refractivity contribution in [2.75, 3.05) is 16.3 Å². The second-order valence-electron chi connectivity index (χ2n) is 9.82. The summed E-state index contributed by atoms with van der Waals surface area (Å²) in [5, 5.41) is 14.0. The topological polar surface area (TPSA) is 113 Å². The van der Waals surface area contributed by atoms with Gasteiger partial charge in [-0.2, -0.15) is 0 Å². The number of nitrogens with one attached hydrogen (secondary N) is 1. The number of fused-ring (bicyclic) bond motifs is 1. The molecule has 36 heavy (non-hydrogen) atoms. The average molecular weight is 493 g/mol. The monoisotopic (exact) mass is 492 g/mol.